The number of carbonyl (C=O) groups is 3. The molecule has 7 nitrogen and oxygen atoms in total. The molecule has 3 heterocycles. The Morgan fingerprint density at radius 2 is 1.92 bits per heavy atom. The van der Waals surface area contributed by atoms with Crippen molar-refractivity contribution in [3.8, 4) is 0 Å². The highest BCUT2D eigenvalue weighted by atomic mass is 16.2. The van der Waals surface area contributed by atoms with Gasteiger partial charge < -0.3 is 15.5 Å². The van der Waals surface area contributed by atoms with E-state index >= 15 is 0 Å². The van der Waals surface area contributed by atoms with E-state index in [1.165, 1.54) is 6.42 Å². The number of piperidine rings is 1. The molecule has 2 spiro atoms. The van der Waals surface area contributed by atoms with Crippen molar-refractivity contribution in [1.82, 2.24) is 20.4 Å². The fourth-order valence-corrected chi connectivity index (χ4v) is 5.33. The van der Waals surface area contributed by atoms with E-state index in [0.29, 0.717) is 11.8 Å². The van der Waals surface area contributed by atoms with Gasteiger partial charge in [0, 0.05) is 19.6 Å². The molecular formula is C19H30N4O3. The molecule has 0 aromatic rings. The summed E-state index contributed by atoms with van der Waals surface area (Å²) in [6, 6.07) is -0.398. The largest absolute Gasteiger partial charge is 0.341 e. The lowest BCUT2D eigenvalue weighted by Gasteiger charge is -2.39. The lowest BCUT2D eigenvalue weighted by molar-refractivity contribution is -0.141. The van der Waals surface area contributed by atoms with Gasteiger partial charge in [0.1, 0.15) is 12.1 Å². The second-order valence-corrected chi connectivity index (χ2v) is 8.75. The van der Waals surface area contributed by atoms with Gasteiger partial charge in [0.25, 0.3) is 5.91 Å². The van der Waals surface area contributed by atoms with E-state index in [0.717, 1.165) is 63.2 Å². The fourth-order valence-electron chi connectivity index (χ4n) is 5.33. The van der Waals surface area contributed by atoms with Crippen molar-refractivity contribution in [2.24, 2.45) is 11.3 Å². The van der Waals surface area contributed by atoms with Gasteiger partial charge in [-0.05, 0) is 50.0 Å². The van der Waals surface area contributed by atoms with Gasteiger partial charge in [-0.2, -0.15) is 0 Å². The Morgan fingerprint density at radius 1 is 1.15 bits per heavy atom. The molecule has 2 atom stereocenters. The van der Waals surface area contributed by atoms with Crippen molar-refractivity contribution in [2.45, 2.75) is 57.4 Å². The molecule has 4 fully saturated rings. The Balaban J connectivity index is 1.38. The molecule has 4 rings (SSSR count). The van der Waals surface area contributed by atoms with E-state index in [2.05, 4.69) is 10.6 Å². The summed E-state index contributed by atoms with van der Waals surface area (Å²) in [6.07, 6.45) is 6.86. The van der Waals surface area contributed by atoms with Gasteiger partial charge in [-0.3, -0.25) is 14.5 Å². The van der Waals surface area contributed by atoms with Crippen LogP contribution in [-0.4, -0.2) is 65.9 Å². The molecule has 3 aliphatic heterocycles. The van der Waals surface area contributed by atoms with Gasteiger partial charge in [0.2, 0.25) is 5.91 Å². The van der Waals surface area contributed by atoms with Crippen LogP contribution in [0.1, 0.15) is 51.9 Å². The molecule has 2 N–H and O–H groups in total. The summed E-state index contributed by atoms with van der Waals surface area (Å²) < 4.78 is 0. The molecule has 0 aromatic heterocycles. The Kier molecular flexibility index (Phi) is 4.45. The molecule has 0 aromatic carbocycles. The van der Waals surface area contributed by atoms with Crippen LogP contribution >= 0.6 is 0 Å². The highest BCUT2D eigenvalue weighted by Crippen LogP contribution is 2.39. The molecule has 3 saturated heterocycles. The number of nitrogens with one attached hydrogen (secondary N) is 2. The summed E-state index contributed by atoms with van der Waals surface area (Å²) in [5.74, 6) is -0.177. The molecule has 0 radical (unpaired) electrons. The third kappa shape index (κ3) is 2.80. The van der Waals surface area contributed by atoms with Crippen LogP contribution < -0.4 is 10.6 Å². The minimum atomic E-state index is -0.781. The number of likely N-dealkylation sites (tertiary alicyclic amines) is 1. The number of nitrogens with zero attached hydrogens (tertiary/aromatic N) is 2. The summed E-state index contributed by atoms with van der Waals surface area (Å²) in [5.41, 5.74) is -0.434. The van der Waals surface area contributed by atoms with E-state index in [9.17, 15) is 14.4 Å². The fraction of sp³-hybridized carbons (Fsp3) is 0.842. The van der Waals surface area contributed by atoms with E-state index in [4.69, 9.17) is 0 Å². The normalized spacial score (nSPS) is 34.0. The van der Waals surface area contributed by atoms with E-state index in [-0.39, 0.29) is 24.3 Å². The van der Waals surface area contributed by atoms with Crippen molar-refractivity contribution in [3.63, 3.8) is 0 Å². The maximum absolute atomic E-state index is 13.0. The van der Waals surface area contributed by atoms with Crippen LogP contribution in [0.15, 0.2) is 0 Å². The van der Waals surface area contributed by atoms with Gasteiger partial charge in [-0.1, -0.05) is 19.8 Å². The molecule has 1 saturated carbocycles. The standard InChI is InChI=1S/C19H30N4O3/c1-14-4-2-3-5-19(14)16(25)23(17(26)21-19)12-15(24)22-10-7-18(8-11-22)6-9-20-13-18/h14,20H,2-13H2,1H3,(H,21,26). The first kappa shape index (κ1) is 17.8. The average Bonchev–Trinajstić information content (AvgIpc) is 3.17. The predicted octanol–water partition coefficient (Wildman–Crippen LogP) is 1.09. The number of imide groups is 1. The van der Waals surface area contributed by atoms with Crippen LogP contribution in [0.5, 0.6) is 0 Å². The van der Waals surface area contributed by atoms with E-state index in [1.807, 2.05) is 11.8 Å². The molecule has 2 unspecified atom stereocenters. The maximum Gasteiger partial charge on any atom is 0.325 e. The van der Waals surface area contributed by atoms with Crippen LogP contribution in [0, 0.1) is 11.3 Å². The topological polar surface area (TPSA) is 81.8 Å². The number of carbonyl (C=O) groups excluding carboxylic acids is 3. The van der Waals surface area contributed by atoms with Crippen LogP contribution in [0.2, 0.25) is 0 Å². The van der Waals surface area contributed by atoms with Gasteiger partial charge in [0.05, 0.1) is 0 Å². The molecule has 7 heteroatoms. The van der Waals surface area contributed by atoms with Gasteiger partial charge in [0.15, 0.2) is 0 Å². The molecule has 0 bridgehead atoms. The SMILES string of the molecule is CC1CCCCC12NC(=O)N(CC(=O)N1CCC3(CCNC3)CC1)C2=O. The lowest BCUT2D eigenvalue weighted by Crippen LogP contribution is -2.54. The average molecular weight is 362 g/mol. The summed E-state index contributed by atoms with van der Waals surface area (Å²) in [6.45, 7) is 5.48. The van der Waals surface area contributed by atoms with Gasteiger partial charge in [-0.25, -0.2) is 4.79 Å². The zero-order chi connectivity index (χ0) is 18.4. The number of hydrogen-bond acceptors (Lipinski definition) is 4. The third-order valence-corrected chi connectivity index (χ3v) is 7.30. The second kappa shape index (κ2) is 6.51. The quantitative estimate of drug-likeness (QED) is 0.721. The number of urea groups is 1. The second-order valence-electron chi connectivity index (χ2n) is 8.75. The Bertz CT molecular complexity index is 606. The molecule has 1 aliphatic carbocycles. The molecular weight excluding hydrogens is 332 g/mol. The van der Waals surface area contributed by atoms with Crippen LogP contribution in [0.3, 0.4) is 0 Å². The number of hydrogen-bond donors (Lipinski definition) is 2. The van der Waals surface area contributed by atoms with Crippen molar-refractivity contribution in [3.05, 3.63) is 0 Å². The van der Waals surface area contributed by atoms with Gasteiger partial charge >= 0.3 is 6.03 Å². The maximum atomic E-state index is 13.0. The van der Waals surface area contributed by atoms with Gasteiger partial charge in [-0.15, -0.1) is 0 Å². The third-order valence-electron chi connectivity index (χ3n) is 7.30. The van der Waals surface area contributed by atoms with Crippen molar-refractivity contribution >= 4 is 17.8 Å². The first-order chi connectivity index (χ1) is 12.5. The first-order valence-electron chi connectivity index (χ1n) is 10.1. The van der Waals surface area contributed by atoms with E-state index in [1.54, 1.807) is 0 Å². The minimum Gasteiger partial charge on any atom is -0.341 e. The van der Waals surface area contributed by atoms with Crippen molar-refractivity contribution in [2.75, 3.05) is 32.7 Å². The summed E-state index contributed by atoms with van der Waals surface area (Å²) >= 11 is 0. The van der Waals surface area contributed by atoms with Crippen LogP contribution in [0.25, 0.3) is 0 Å². The summed E-state index contributed by atoms with van der Waals surface area (Å²) in [5, 5.41) is 6.35. The smallest absolute Gasteiger partial charge is 0.325 e. The zero-order valence-electron chi connectivity index (χ0n) is 15.7. The number of rotatable bonds is 2. The predicted molar refractivity (Wildman–Crippen MR) is 96.3 cm³/mol. The van der Waals surface area contributed by atoms with Crippen LogP contribution in [-0.2, 0) is 9.59 Å². The van der Waals surface area contributed by atoms with Crippen molar-refractivity contribution < 1.29 is 14.4 Å². The lowest BCUT2D eigenvalue weighted by atomic mass is 9.73. The Morgan fingerprint density at radius 3 is 2.58 bits per heavy atom. The molecule has 144 valence electrons. The first-order valence-corrected chi connectivity index (χ1v) is 10.1. The minimum absolute atomic E-state index is 0.102. The monoisotopic (exact) mass is 362 g/mol. The van der Waals surface area contributed by atoms with E-state index < -0.39 is 11.6 Å². The summed E-state index contributed by atoms with van der Waals surface area (Å²) in [4.78, 5) is 41.2. The molecule has 4 aliphatic rings. The highest BCUT2D eigenvalue weighted by Gasteiger charge is 2.55. The zero-order valence-corrected chi connectivity index (χ0v) is 15.7. The van der Waals surface area contributed by atoms with Crippen LogP contribution in [0.4, 0.5) is 4.79 Å². The molecule has 4 amide bonds. The molecule has 26 heavy (non-hydrogen) atoms. The Hall–Kier alpha value is -1.63. The number of amides is 4. The van der Waals surface area contributed by atoms with Crippen molar-refractivity contribution in [1.29, 1.82) is 0 Å². The Labute approximate surface area is 154 Å². The summed E-state index contributed by atoms with van der Waals surface area (Å²) in [7, 11) is 0. The highest BCUT2D eigenvalue weighted by molar-refractivity contribution is 6.09.